The number of benzene rings is 2. The Morgan fingerprint density at radius 3 is 2.64 bits per heavy atom. The first kappa shape index (κ1) is 17.1. The second-order valence-electron chi connectivity index (χ2n) is 4.67. The topological polar surface area (TPSA) is 36.4 Å². The van der Waals surface area contributed by atoms with Crippen molar-refractivity contribution >= 4 is 41.7 Å². The highest BCUT2D eigenvalue weighted by Gasteiger charge is 2.07. The number of rotatable bonds is 4. The molecule has 3 nitrogen and oxygen atoms in total. The van der Waals surface area contributed by atoms with E-state index in [1.54, 1.807) is 23.9 Å². The average Bonchev–Trinajstić information content (AvgIpc) is 3.02. The number of aliphatic imine (C=N–C) groups is 1. The number of hydrogen-bond donors (Lipinski definition) is 2. The summed E-state index contributed by atoms with van der Waals surface area (Å²) in [7, 11) is 0. The van der Waals surface area contributed by atoms with Crippen LogP contribution in [0.25, 0.3) is 0 Å². The Labute approximate surface area is 150 Å². The zero-order valence-corrected chi connectivity index (χ0v) is 15.0. The molecule has 0 unspecified atom stereocenters. The minimum atomic E-state index is -0.209. The third-order valence-corrected chi connectivity index (χ3v) is 4.26. The van der Waals surface area contributed by atoms with E-state index in [-0.39, 0.29) is 29.8 Å². The van der Waals surface area contributed by atoms with Gasteiger partial charge in [-0.25, -0.2) is 4.39 Å². The van der Waals surface area contributed by atoms with Gasteiger partial charge in [-0.1, -0.05) is 30.0 Å². The molecule has 0 saturated heterocycles. The Kier molecular flexibility index (Phi) is 6.50. The van der Waals surface area contributed by atoms with Crippen molar-refractivity contribution in [3.8, 4) is 0 Å². The molecule has 0 bridgehead atoms. The first-order valence-corrected chi connectivity index (χ1v) is 7.66. The Balaban J connectivity index is 0.00000176. The summed E-state index contributed by atoms with van der Waals surface area (Å²) in [5.41, 5.74) is 1.20. The average molecular weight is 429 g/mol. The van der Waals surface area contributed by atoms with Gasteiger partial charge in [0.05, 0.1) is 6.54 Å². The van der Waals surface area contributed by atoms with Gasteiger partial charge in [0.25, 0.3) is 0 Å². The van der Waals surface area contributed by atoms with E-state index in [1.807, 2.05) is 12.1 Å². The molecule has 0 aromatic heterocycles. The normalized spacial score (nSPS) is 13.0. The molecule has 1 heterocycles. The molecule has 0 fully saturated rings. The van der Waals surface area contributed by atoms with Crippen LogP contribution in [0.2, 0.25) is 0 Å². The lowest BCUT2D eigenvalue weighted by molar-refractivity contribution is 0.626. The summed E-state index contributed by atoms with van der Waals surface area (Å²) in [5.74, 6) is 0.649. The van der Waals surface area contributed by atoms with E-state index in [0.29, 0.717) is 0 Å². The van der Waals surface area contributed by atoms with Gasteiger partial charge in [-0.15, -0.1) is 24.0 Å². The Bertz CT molecular complexity index is 646. The highest BCUT2D eigenvalue weighted by Crippen LogP contribution is 2.30. The van der Waals surface area contributed by atoms with Crippen LogP contribution in [0.4, 0.5) is 4.39 Å². The Morgan fingerprint density at radius 1 is 1.14 bits per heavy atom. The van der Waals surface area contributed by atoms with Crippen LogP contribution in [-0.2, 0) is 6.54 Å². The van der Waals surface area contributed by atoms with Crippen LogP contribution >= 0.6 is 35.7 Å². The fraction of sp³-hybridized carbons (Fsp3) is 0.188. The number of guanidine groups is 1. The summed E-state index contributed by atoms with van der Waals surface area (Å²) < 4.78 is 13.0. The first-order valence-electron chi connectivity index (χ1n) is 6.85. The van der Waals surface area contributed by atoms with Gasteiger partial charge in [0, 0.05) is 22.9 Å². The van der Waals surface area contributed by atoms with Crippen LogP contribution < -0.4 is 10.6 Å². The molecule has 0 aliphatic carbocycles. The molecule has 22 heavy (non-hydrogen) atoms. The zero-order chi connectivity index (χ0) is 14.5. The van der Waals surface area contributed by atoms with Gasteiger partial charge in [0.2, 0.25) is 0 Å². The second kappa shape index (κ2) is 8.38. The fourth-order valence-corrected chi connectivity index (χ4v) is 3.02. The van der Waals surface area contributed by atoms with Crippen molar-refractivity contribution < 1.29 is 4.39 Å². The molecule has 2 N–H and O–H groups in total. The maximum absolute atomic E-state index is 13.0. The highest BCUT2D eigenvalue weighted by molar-refractivity contribution is 14.0. The van der Waals surface area contributed by atoms with Crippen molar-refractivity contribution in [3.05, 3.63) is 59.9 Å². The van der Waals surface area contributed by atoms with E-state index in [1.165, 1.54) is 17.7 Å². The first-order chi connectivity index (χ1) is 10.3. The lowest BCUT2D eigenvalue weighted by atomic mass is 10.2. The van der Waals surface area contributed by atoms with E-state index in [9.17, 15) is 4.39 Å². The van der Waals surface area contributed by atoms with Gasteiger partial charge >= 0.3 is 0 Å². The predicted molar refractivity (Wildman–Crippen MR) is 99.5 cm³/mol. The van der Waals surface area contributed by atoms with Crippen LogP contribution in [0.1, 0.15) is 5.56 Å². The molecule has 116 valence electrons. The van der Waals surface area contributed by atoms with E-state index in [4.69, 9.17) is 0 Å². The van der Waals surface area contributed by atoms with Crippen molar-refractivity contribution in [1.29, 1.82) is 0 Å². The molecule has 2 aromatic carbocycles. The van der Waals surface area contributed by atoms with Gasteiger partial charge in [-0.2, -0.15) is 0 Å². The number of hydrogen-bond acceptors (Lipinski definition) is 4. The van der Waals surface area contributed by atoms with Crippen molar-refractivity contribution in [2.45, 2.75) is 16.3 Å². The van der Waals surface area contributed by atoms with Crippen molar-refractivity contribution in [2.75, 3.05) is 13.1 Å². The van der Waals surface area contributed by atoms with Crippen molar-refractivity contribution in [2.24, 2.45) is 4.99 Å². The molecule has 1 aliphatic heterocycles. The maximum atomic E-state index is 13.0. The summed E-state index contributed by atoms with van der Waals surface area (Å²) in [5, 5.41) is 6.49. The van der Waals surface area contributed by atoms with Gasteiger partial charge < -0.3 is 10.6 Å². The summed E-state index contributed by atoms with van der Waals surface area (Å²) in [6.07, 6.45) is 0. The zero-order valence-electron chi connectivity index (χ0n) is 11.9. The molecule has 1 aliphatic rings. The number of nitrogens with zero attached hydrogens (tertiary/aromatic N) is 1. The minimum absolute atomic E-state index is 0. The maximum Gasteiger partial charge on any atom is 0.191 e. The third-order valence-electron chi connectivity index (χ3n) is 3.13. The van der Waals surface area contributed by atoms with Gasteiger partial charge in [0.1, 0.15) is 5.82 Å². The smallest absolute Gasteiger partial charge is 0.191 e. The SMILES string of the molecule is Fc1ccc(Sc2ccccc2CNC2=NCCN2)cc1.I. The summed E-state index contributed by atoms with van der Waals surface area (Å²) in [6, 6.07) is 14.8. The highest BCUT2D eigenvalue weighted by atomic mass is 127. The Hall–Kier alpha value is -1.28. The molecule has 6 heteroatoms. The van der Waals surface area contributed by atoms with Crippen molar-refractivity contribution in [3.63, 3.8) is 0 Å². The van der Waals surface area contributed by atoms with Gasteiger partial charge in [0.15, 0.2) is 5.96 Å². The second-order valence-corrected chi connectivity index (χ2v) is 5.79. The van der Waals surface area contributed by atoms with E-state index >= 15 is 0 Å². The molecule has 0 radical (unpaired) electrons. The molecule has 0 spiro atoms. The summed E-state index contributed by atoms with van der Waals surface area (Å²) in [4.78, 5) is 6.51. The molecule has 0 amide bonds. The van der Waals surface area contributed by atoms with Crippen LogP contribution in [0.5, 0.6) is 0 Å². The molecular formula is C16H17FIN3S. The third kappa shape index (κ3) is 4.61. The lowest BCUT2D eigenvalue weighted by Crippen LogP contribution is -2.33. The molecule has 3 rings (SSSR count). The van der Waals surface area contributed by atoms with Crippen LogP contribution in [0, 0.1) is 5.82 Å². The molecule has 0 atom stereocenters. The van der Waals surface area contributed by atoms with Crippen LogP contribution in [0.15, 0.2) is 63.3 Å². The quantitative estimate of drug-likeness (QED) is 0.729. The standard InChI is InChI=1S/C16H16FN3S.HI/c17-13-5-7-14(8-6-13)21-15-4-2-1-3-12(15)11-20-16-18-9-10-19-16;/h1-8H,9-11H2,(H2,18,19,20);1H. The van der Waals surface area contributed by atoms with Crippen molar-refractivity contribution in [1.82, 2.24) is 10.6 Å². The fourth-order valence-electron chi connectivity index (χ4n) is 2.07. The number of halogens is 2. The van der Waals surface area contributed by atoms with Gasteiger partial charge in [-0.3, -0.25) is 4.99 Å². The van der Waals surface area contributed by atoms with E-state index in [0.717, 1.165) is 35.4 Å². The van der Waals surface area contributed by atoms with Crippen LogP contribution in [-0.4, -0.2) is 19.0 Å². The monoisotopic (exact) mass is 429 g/mol. The van der Waals surface area contributed by atoms with Crippen LogP contribution in [0.3, 0.4) is 0 Å². The Morgan fingerprint density at radius 2 is 1.91 bits per heavy atom. The lowest BCUT2D eigenvalue weighted by Gasteiger charge is -2.11. The van der Waals surface area contributed by atoms with Gasteiger partial charge in [-0.05, 0) is 35.9 Å². The summed E-state index contributed by atoms with van der Waals surface area (Å²) in [6.45, 7) is 2.44. The number of nitrogens with one attached hydrogen (secondary N) is 2. The minimum Gasteiger partial charge on any atom is -0.355 e. The summed E-state index contributed by atoms with van der Waals surface area (Å²) >= 11 is 1.64. The predicted octanol–water partition coefficient (Wildman–Crippen LogP) is 3.64. The van der Waals surface area contributed by atoms with E-state index < -0.39 is 0 Å². The molecule has 0 saturated carbocycles. The molecule has 2 aromatic rings. The molecular weight excluding hydrogens is 412 g/mol. The van der Waals surface area contributed by atoms with E-state index in [2.05, 4.69) is 27.8 Å². The largest absolute Gasteiger partial charge is 0.355 e.